The van der Waals surface area contributed by atoms with Gasteiger partial charge in [0.2, 0.25) is 0 Å². The predicted molar refractivity (Wildman–Crippen MR) is 99.6 cm³/mol. The number of sulfone groups is 1. The summed E-state index contributed by atoms with van der Waals surface area (Å²) in [6.07, 6.45) is 0.783. The number of hydrogen-bond donors (Lipinski definition) is 2. The molecule has 0 amide bonds. The van der Waals surface area contributed by atoms with Crippen molar-refractivity contribution in [3.05, 3.63) is 29.8 Å². The maximum atomic E-state index is 12.1. The summed E-state index contributed by atoms with van der Waals surface area (Å²) in [7, 11) is 0.183. The second-order valence-electron chi connectivity index (χ2n) is 6.42. The van der Waals surface area contributed by atoms with Gasteiger partial charge in [-0.05, 0) is 38.8 Å². The molecule has 6 nitrogen and oxygen atoms in total. The maximum absolute atomic E-state index is 12.1. The van der Waals surface area contributed by atoms with Crippen molar-refractivity contribution in [1.82, 2.24) is 10.6 Å². The van der Waals surface area contributed by atoms with Crippen molar-refractivity contribution >= 4 is 15.8 Å². The minimum absolute atomic E-state index is 0.0731. The lowest BCUT2D eigenvalue weighted by molar-refractivity contribution is 0.409. The highest BCUT2D eigenvalue weighted by Crippen LogP contribution is 2.17. The van der Waals surface area contributed by atoms with Crippen LogP contribution in [0.2, 0.25) is 0 Å². The molecule has 0 aromatic heterocycles. The van der Waals surface area contributed by atoms with Gasteiger partial charge in [-0.3, -0.25) is 4.99 Å². The number of ether oxygens (including phenoxy) is 1. The summed E-state index contributed by atoms with van der Waals surface area (Å²) in [4.78, 5) is 4.11. The summed E-state index contributed by atoms with van der Waals surface area (Å²) in [5.74, 6) is 1.52. The molecule has 0 spiro atoms. The zero-order valence-electron chi connectivity index (χ0n) is 15.2. The average Bonchev–Trinajstić information content (AvgIpc) is 2.52. The number of aliphatic imine (C=N–C) groups is 1. The lowest BCUT2D eigenvalue weighted by atomic mass is 10.1. The van der Waals surface area contributed by atoms with E-state index in [1.807, 2.05) is 24.3 Å². The Hall–Kier alpha value is -1.76. The number of rotatable bonds is 7. The quantitative estimate of drug-likeness (QED) is 0.574. The highest BCUT2D eigenvalue weighted by Gasteiger charge is 2.28. The molecule has 24 heavy (non-hydrogen) atoms. The zero-order chi connectivity index (χ0) is 18.2. The number of methoxy groups -OCH3 is 1. The van der Waals surface area contributed by atoms with E-state index in [-0.39, 0.29) is 5.75 Å². The monoisotopic (exact) mass is 355 g/mol. The Morgan fingerprint density at radius 3 is 2.38 bits per heavy atom. The molecule has 0 saturated heterocycles. The van der Waals surface area contributed by atoms with E-state index in [0.717, 1.165) is 17.7 Å². The Kier molecular flexibility index (Phi) is 7.54. The molecule has 0 atom stereocenters. The normalized spacial score (nSPS) is 12.8. The molecule has 1 rings (SSSR count). The molecular formula is C17H29N3O3S. The van der Waals surface area contributed by atoms with Gasteiger partial charge in [0.1, 0.15) is 5.75 Å². The van der Waals surface area contributed by atoms with Crippen LogP contribution in [0, 0.1) is 0 Å². The highest BCUT2D eigenvalue weighted by molar-refractivity contribution is 7.92. The van der Waals surface area contributed by atoms with Crippen LogP contribution in [0.15, 0.2) is 29.3 Å². The van der Waals surface area contributed by atoms with E-state index in [0.29, 0.717) is 19.0 Å². The molecule has 0 aliphatic heterocycles. The largest absolute Gasteiger partial charge is 0.496 e. The number of benzene rings is 1. The summed E-state index contributed by atoms with van der Waals surface area (Å²) in [6, 6.07) is 7.86. The fraction of sp³-hybridized carbons (Fsp3) is 0.588. The summed E-state index contributed by atoms with van der Waals surface area (Å²) in [5, 5.41) is 6.22. The SMILES string of the molecule is CN=C(NCCc1ccccc1OC)NCCS(=O)(=O)C(C)(C)C. The van der Waals surface area contributed by atoms with Gasteiger partial charge in [0.05, 0.1) is 17.6 Å². The minimum Gasteiger partial charge on any atom is -0.496 e. The first kappa shape index (κ1) is 20.3. The minimum atomic E-state index is -3.14. The van der Waals surface area contributed by atoms with E-state index < -0.39 is 14.6 Å². The highest BCUT2D eigenvalue weighted by atomic mass is 32.2. The van der Waals surface area contributed by atoms with Gasteiger partial charge in [-0.2, -0.15) is 0 Å². The van der Waals surface area contributed by atoms with Gasteiger partial charge in [-0.15, -0.1) is 0 Å². The Morgan fingerprint density at radius 1 is 1.17 bits per heavy atom. The van der Waals surface area contributed by atoms with Crippen LogP contribution in [0.5, 0.6) is 5.75 Å². The van der Waals surface area contributed by atoms with E-state index in [9.17, 15) is 8.42 Å². The first-order valence-corrected chi connectivity index (χ1v) is 9.65. The fourth-order valence-corrected chi connectivity index (χ4v) is 3.04. The van der Waals surface area contributed by atoms with E-state index in [1.165, 1.54) is 0 Å². The average molecular weight is 356 g/mol. The molecule has 0 aliphatic rings. The van der Waals surface area contributed by atoms with Crippen molar-refractivity contribution in [2.45, 2.75) is 31.9 Å². The standard InChI is InChI=1S/C17H29N3O3S/c1-17(2,3)24(21,22)13-12-20-16(18-4)19-11-10-14-8-6-7-9-15(14)23-5/h6-9H,10-13H2,1-5H3,(H2,18,19,20). The topological polar surface area (TPSA) is 79.8 Å². The van der Waals surface area contributed by atoms with Crippen molar-refractivity contribution < 1.29 is 13.2 Å². The van der Waals surface area contributed by atoms with Crippen molar-refractivity contribution in [3.63, 3.8) is 0 Å². The Bertz CT molecular complexity index is 649. The molecular weight excluding hydrogens is 326 g/mol. The zero-order valence-corrected chi connectivity index (χ0v) is 16.0. The van der Waals surface area contributed by atoms with Crippen molar-refractivity contribution in [3.8, 4) is 5.75 Å². The predicted octanol–water partition coefficient (Wildman–Crippen LogP) is 1.62. The number of hydrogen-bond acceptors (Lipinski definition) is 4. The van der Waals surface area contributed by atoms with Gasteiger partial charge >= 0.3 is 0 Å². The lowest BCUT2D eigenvalue weighted by Gasteiger charge is -2.20. The van der Waals surface area contributed by atoms with Crippen LogP contribution in [-0.4, -0.2) is 52.1 Å². The van der Waals surface area contributed by atoms with Gasteiger partial charge < -0.3 is 15.4 Å². The summed E-state index contributed by atoms with van der Waals surface area (Å²) in [5.41, 5.74) is 1.11. The van der Waals surface area contributed by atoms with Crippen LogP contribution in [-0.2, 0) is 16.3 Å². The van der Waals surface area contributed by atoms with E-state index in [1.54, 1.807) is 34.9 Å². The van der Waals surface area contributed by atoms with E-state index in [4.69, 9.17) is 4.74 Å². The van der Waals surface area contributed by atoms with E-state index in [2.05, 4.69) is 15.6 Å². The molecule has 0 fully saturated rings. The van der Waals surface area contributed by atoms with Crippen molar-refractivity contribution in [1.29, 1.82) is 0 Å². The Balaban J connectivity index is 2.44. The molecule has 0 saturated carbocycles. The summed E-state index contributed by atoms with van der Waals surface area (Å²) < 4.78 is 28.7. The number of para-hydroxylation sites is 1. The maximum Gasteiger partial charge on any atom is 0.191 e. The van der Waals surface area contributed by atoms with Gasteiger partial charge in [0.15, 0.2) is 15.8 Å². The molecule has 136 valence electrons. The molecule has 0 heterocycles. The third kappa shape index (κ3) is 6.03. The second-order valence-corrected chi connectivity index (χ2v) is 9.28. The molecule has 0 unspecified atom stereocenters. The van der Waals surface area contributed by atoms with Crippen molar-refractivity contribution in [2.75, 3.05) is 33.0 Å². The number of nitrogens with zero attached hydrogens (tertiary/aromatic N) is 1. The second kappa shape index (κ2) is 8.92. The third-order valence-electron chi connectivity index (χ3n) is 3.70. The van der Waals surface area contributed by atoms with Crippen LogP contribution in [0.4, 0.5) is 0 Å². The smallest absolute Gasteiger partial charge is 0.191 e. The molecule has 0 bridgehead atoms. The van der Waals surface area contributed by atoms with Crippen LogP contribution < -0.4 is 15.4 Å². The Morgan fingerprint density at radius 2 is 1.79 bits per heavy atom. The molecule has 7 heteroatoms. The van der Waals surface area contributed by atoms with Gasteiger partial charge in [-0.25, -0.2) is 8.42 Å². The fourth-order valence-electron chi connectivity index (χ4n) is 2.06. The first-order valence-electron chi connectivity index (χ1n) is 8.00. The van der Waals surface area contributed by atoms with Gasteiger partial charge in [0.25, 0.3) is 0 Å². The van der Waals surface area contributed by atoms with Crippen LogP contribution >= 0.6 is 0 Å². The molecule has 2 N–H and O–H groups in total. The summed E-state index contributed by atoms with van der Waals surface area (Å²) >= 11 is 0. The lowest BCUT2D eigenvalue weighted by Crippen LogP contribution is -2.42. The van der Waals surface area contributed by atoms with Crippen LogP contribution in [0.1, 0.15) is 26.3 Å². The number of guanidine groups is 1. The van der Waals surface area contributed by atoms with Crippen LogP contribution in [0.25, 0.3) is 0 Å². The third-order valence-corrected chi connectivity index (χ3v) is 6.31. The molecule has 1 aromatic rings. The number of nitrogens with one attached hydrogen (secondary N) is 2. The Labute approximate surface area is 145 Å². The van der Waals surface area contributed by atoms with Gasteiger partial charge in [0, 0.05) is 20.1 Å². The molecule has 0 aliphatic carbocycles. The van der Waals surface area contributed by atoms with E-state index >= 15 is 0 Å². The molecule has 1 aromatic carbocycles. The summed E-state index contributed by atoms with van der Waals surface area (Å²) in [6.45, 7) is 6.13. The van der Waals surface area contributed by atoms with Crippen LogP contribution in [0.3, 0.4) is 0 Å². The van der Waals surface area contributed by atoms with Gasteiger partial charge in [-0.1, -0.05) is 18.2 Å². The first-order chi connectivity index (χ1) is 11.2. The molecule has 0 radical (unpaired) electrons. The van der Waals surface area contributed by atoms with Crippen molar-refractivity contribution in [2.24, 2.45) is 4.99 Å².